The molecule has 2 aliphatic carbocycles. The molecule has 2 aliphatic rings. The third-order valence-corrected chi connectivity index (χ3v) is 4.96. The molecule has 2 fully saturated rings. The number of rotatable bonds is 3. The summed E-state index contributed by atoms with van der Waals surface area (Å²) in [6.07, 6.45) is 7.96. The minimum atomic E-state index is -0.427. The molecular formula is C15H20N4O2. The molecule has 3 rings (SSSR count). The number of nitrogens with two attached hydrogens (primary N) is 1. The number of carbonyl (C=O) groups is 2. The summed E-state index contributed by atoms with van der Waals surface area (Å²) in [4.78, 5) is 32.4. The van der Waals surface area contributed by atoms with Gasteiger partial charge in [0.25, 0.3) is 5.91 Å². The van der Waals surface area contributed by atoms with Crippen LogP contribution in [-0.4, -0.2) is 27.3 Å². The van der Waals surface area contributed by atoms with Crippen LogP contribution in [0.25, 0.3) is 0 Å². The van der Waals surface area contributed by atoms with Crippen LogP contribution < -0.4 is 11.1 Å². The van der Waals surface area contributed by atoms with Gasteiger partial charge in [0.1, 0.15) is 5.69 Å². The Labute approximate surface area is 123 Å². The van der Waals surface area contributed by atoms with Crippen molar-refractivity contribution in [1.82, 2.24) is 15.3 Å². The fourth-order valence-electron chi connectivity index (χ4n) is 3.88. The van der Waals surface area contributed by atoms with Crippen molar-refractivity contribution >= 4 is 11.8 Å². The molecule has 0 aromatic carbocycles. The standard InChI is InChI=1S/C15H20N4O2/c1-10-7-17-8-11(18-10)12(20)19-15-4-2-3-14(9-15,5-6-15)13(16)21/h7-8H,2-6,9H2,1H3,(H2,16,21)(H,19,20)/t14-,15+/m1/s1. The predicted octanol–water partition coefficient (Wildman–Crippen LogP) is 1.09. The van der Waals surface area contributed by atoms with Crippen LogP contribution in [0.1, 0.15) is 54.7 Å². The van der Waals surface area contributed by atoms with Crippen molar-refractivity contribution < 1.29 is 9.59 Å². The number of hydrogen-bond acceptors (Lipinski definition) is 4. The van der Waals surface area contributed by atoms with Gasteiger partial charge in [0.05, 0.1) is 17.3 Å². The lowest BCUT2D eigenvalue weighted by atomic mass is 9.72. The summed E-state index contributed by atoms with van der Waals surface area (Å²) < 4.78 is 0. The van der Waals surface area contributed by atoms with Gasteiger partial charge in [-0.15, -0.1) is 0 Å². The lowest BCUT2D eigenvalue weighted by Gasteiger charge is -2.38. The zero-order valence-electron chi connectivity index (χ0n) is 12.2. The van der Waals surface area contributed by atoms with Crippen LogP contribution in [0.2, 0.25) is 0 Å². The highest BCUT2D eigenvalue weighted by Gasteiger charge is 2.54. The molecule has 2 amide bonds. The second-order valence-electron chi connectivity index (χ2n) is 6.46. The smallest absolute Gasteiger partial charge is 0.271 e. The Morgan fingerprint density at radius 3 is 2.76 bits per heavy atom. The van der Waals surface area contributed by atoms with Gasteiger partial charge in [-0.25, -0.2) is 4.98 Å². The lowest BCUT2D eigenvalue weighted by Crippen LogP contribution is -2.51. The molecule has 0 spiro atoms. The molecule has 2 atom stereocenters. The maximum atomic E-state index is 12.4. The van der Waals surface area contributed by atoms with E-state index in [1.165, 1.54) is 6.20 Å². The first kappa shape index (κ1) is 14.0. The van der Waals surface area contributed by atoms with Gasteiger partial charge in [-0.3, -0.25) is 14.6 Å². The van der Waals surface area contributed by atoms with E-state index in [0.29, 0.717) is 17.8 Å². The molecule has 1 aromatic rings. The highest BCUT2D eigenvalue weighted by atomic mass is 16.2. The van der Waals surface area contributed by atoms with E-state index in [-0.39, 0.29) is 17.4 Å². The van der Waals surface area contributed by atoms with Crippen molar-refractivity contribution in [1.29, 1.82) is 0 Å². The zero-order chi connectivity index (χ0) is 15.1. The number of fused-ring (bicyclic) bond motifs is 2. The molecule has 0 unspecified atom stereocenters. The van der Waals surface area contributed by atoms with Gasteiger partial charge in [0, 0.05) is 11.7 Å². The van der Waals surface area contributed by atoms with Gasteiger partial charge in [0.15, 0.2) is 0 Å². The number of aryl methyl sites for hydroxylation is 1. The summed E-state index contributed by atoms with van der Waals surface area (Å²) >= 11 is 0. The van der Waals surface area contributed by atoms with Crippen LogP contribution in [-0.2, 0) is 4.79 Å². The summed E-state index contributed by atoms with van der Waals surface area (Å²) in [6.45, 7) is 1.80. The third kappa shape index (κ3) is 2.39. The molecule has 112 valence electrons. The first-order chi connectivity index (χ1) is 9.95. The number of primary amides is 1. The van der Waals surface area contributed by atoms with Crippen molar-refractivity contribution in [2.45, 2.75) is 51.0 Å². The van der Waals surface area contributed by atoms with Crippen molar-refractivity contribution in [3.8, 4) is 0 Å². The number of carbonyl (C=O) groups excluding carboxylic acids is 2. The maximum absolute atomic E-state index is 12.4. The van der Waals surface area contributed by atoms with Gasteiger partial charge in [-0.2, -0.15) is 0 Å². The topological polar surface area (TPSA) is 98.0 Å². The second-order valence-corrected chi connectivity index (χ2v) is 6.46. The molecular weight excluding hydrogens is 268 g/mol. The van der Waals surface area contributed by atoms with E-state index in [9.17, 15) is 9.59 Å². The van der Waals surface area contributed by atoms with Crippen molar-refractivity contribution in [2.75, 3.05) is 0 Å². The lowest BCUT2D eigenvalue weighted by molar-refractivity contribution is -0.128. The third-order valence-electron chi connectivity index (χ3n) is 4.96. The number of amides is 2. The molecule has 0 saturated heterocycles. The monoisotopic (exact) mass is 288 g/mol. The van der Waals surface area contributed by atoms with Crippen LogP contribution in [0.5, 0.6) is 0 Å². The van der Waals surface area contributed by atoms with E-state index < -0.39 is 5.41 Å². The molecule has 0 aliphatic heterocycles. The molecule has 6 nitrogen and oxygen atoms in total. The maximum Gasteiger partial charge on any atom is 0.271 e. The normalized spacial score (nSPS) is 30.9. The molecule has 1 aromatic heterocycles. The van der Waals surface area contributed by atoms with Crippen molar-refractivity contribution in [3.05, 3.63) is 23.8 Å². The van der Waals surface area contributed by atoms with Crippen LogP contribution in [0, 0.1) is 12.3 Å². The second kappa shape index (κ2) is 4.79. The molecule has 1 heterocycles. The van der Waals surface area contributed by atoms with Crippen LogP contribution in [0.4, 0.5) is 0 Å². The average molecular weight is 288 g/mol. The van der Waals surface area contributed by atoms with E-state index in [1.807, 2.05) is 0 Å². The van der Waals surface area contributed by atoms with Gasteiger partial charge in [-0.05, 0) is 39.0 Å². The van der Waals surface area contributed by atoms with Gasteiger partial charge >= 0.3 is 0 Å². The van der Waals surface area contributed by atoms with Gasteiger partial charge in [0.2, 0.25) is 5.91 Å². The Kier molecular flexibility index (Phi) is 3.19. The number of hydrogen-bond donors (Lipinski definition) is 2. The summed E-state index contributed by atoms with van der Waals surface area (Å²) in [5.74, 6) is -0.443. The van der Waals surface area contributed by atoms with E-state index in [0.717, 1.165) is 32.1 Å². The average Bonchev–Trinajstić information content (AvgIpc) is 2.71. The Morgan fingerprint density at radius 2 is 2.05 bits per heavy atom. The quantitative estimate of drug-likeness (QED) is 0.870. The predicted molar refractivity (Wildman–Crippen MR) is 76.3 cm³/mol. The molecule has 3 N–H and O–H groups in total. The van der Waals surface area contributed by atoms with E-state index in [4.69, 9.17) is 5.73 Å². The van der Waals surface area contributed by atoms with Crippen molar-refractivity contribution in [2.24, 2.45) is 11.1 Å². The Morgan fingerprint density at radius 1 is 1.24 bits per heavy atom. The molecule has 21 heavy (non-hydrogen) atoms. The Hall–Kier alpha value is -1.98. The van der Waals surface area contributed by atoms with Crippen molar-refractivity contribution in [3.63, 3.8) is 0 Å². The summed E-state index contributed by atoms with van der Waals surface area (Å²) in [6, 6.07) is 0. The van der Waals surface area contributed by atoms with E-state index >= 15 is 0 Å². The van der Waals surface area contributed by atoms with Crippen LogP contribution in [0.3, 0.4) is 0 Å². The zero-order valence-corrected chi connectivity index (χ0v) is 12.2. The first-order valence-electron chi connectivity index (χ1n) is 7.36. The van der Waals surface area contributed by atoms with Crippen LogP contribution >= 0.6 is 0 Å². The number of aromatic nitrogens is 2. The summed E-state index contributed by atoms with van der Waals surface area (Å²) in [7, 11) is 0. The minimum Gasteiger partial charge on any atom is -0.369 e. The molecule has 6 heteroatoms. The van der Waals surface area contributed by atoms with Gasteiger partial charge in [-0.1, -0.05) is 6.42 Å². The molecule has 2 saturated carbocycles. The minimum absolute atomic E-state index is 0.214. The van der Waals surface area contributed by atoms with E-state index in [1.54, 1.807) is 13.1 Å². The first-order valence-corrected chi connectivity index (χ1v) is 7.36. The Balaban J connectivity index is 1.79. The largest absolute Gasteiger partial charge is 0.369 e. The Bertz CT molecular complexity index is 603. The SMILES string of the molecule is Cc1cncc(C(=O)N[C@@]23CCC[C@@](C(N)=O)(CC2)C3)n1. The molecule has 0 radical (unpaired) electrons. The number of nitrogens with one attached hydrogen (secondary N) is 1. The van der Waals surface area contributed by atoms with E-state index in [2.05, 4.69) is 15.3 Å². The summed E-state index contributed by atoms with van der Waals surface area (Å²) in [5.41, 5.74) is 5.88. The fraction of sp³-hybridized carbons (Fsp3) is 0.600. The number of nitrogens with zero attached hydrogens (tertiary/aromatic N) is 2. The fourth-order valence-corrected chi connectivity index (χ4v) is 3.88. The molecule has 2 bridgehead atoms. The van der Waals surface area contributed by atoms with Crippen LogP contribution in [0.15, 0.2) is 12.4 Å². The highest BCUT2D eigenvalue weighted by Crippen LogP contribution is 2.53. The summed E-state index contributed by atoms with van der Waals surface area (Å²) in [5, 5.41) is 3.10. The highest BCUT2D eigenvalue weighted by molar-refractivity contribution is 5.92. The van der Waals surface area contributed by atoms with Gasteiger partial charge < -0.3 is 11.1 Å².